The number of hydrogen-bond acceptors (Lipinski definition) is 7. The number of nitrogens with one attached hydrogen (secondary N) is 1. The van der Waals surface area contributed by atoms with Crippen molar-refractivity contribution in [1.29, 1.82) is 0 Å². The van der Waals surface area contributed by atoms with E-state index in [2.05, 4.69) is 15.3 Å². The SMILES string of the molecule is O=[N+]([O-])c1ccc(/C=N/n2c(-c3ccc(O)cc3)n[nH]c2=S)s1. The summed E-state index contributed by atoms with van der Waals surface area (Å²) in [7, 11) is 0. The average molecular weight is 347 g/mol. The Morgan fingerprint density at radius 1 is 1.35 bits per heavy atom. The van der Waals surface area contributed by atoms with Crippen molar-refractivity contribution in [2.24, 2.45) is 5.10 Å². The van der Waals surface area contributed by atoms with Crippen molar-refractivity contribution in [2.45, 2.75) is 0 Å². The van der Waals surface area contributed by atoms with Crippen LogP contribution in [0.3, 0.4) is 0 Å². The molecule has 0 aliphatic rings. The fraction of sp³-hybridized carbons (Fsp3) is 0. The van der Waals surface area contributed by atoms with E-state index in [1.54, 1.807) is 18.2 Å². The van der Waals surface area contributed by atoms with Gasteiger partial charge in [0.1, 0.15) is 5.75 Å². The first-order chi connectivity index (χ1) is 11.0. The van der Waals surface area contributed by atoms with Gasteiger partial charge in [0.15, 0.2) is 5.82 Å². The molecule has 0 saturated carbocycles. The lowest BCUT2D eigenvalue weighted by molar-refractivity contribution is -0.380. The van der Waals surface area contributed by atoms with Crippen LogP contribution in [0.5, 0.6) is 5.75 Å². The topological polar surface area (TPSA) is 109 Å². The van der Waals surface area contributed by atoms with Crippen LogP contribution in [-0.4, -0.2) is 31.1 Å². The number of thiophene rings is 1. The van der Waals surface area contributed by atoms with E-state index in [1.807, 2.05) is 0 Å². The van der Waals surface area contributed by atoms with Crippen LogP contribution < -0.4 is 0 Å². The maximum Gasteiger partial charge on any atom is 0.324 e. The minimum atomic E-state index is -0.451. The van der Waals surface area contributed by atoms with E-state index in [0.29, 0.717) is 16.3 Å². The Kier molecular flexibility index (Phi) is 4.00. The number of nitrogens with zero attached hydrogens (tertiary/aromatic N) is 4. The minimum Gasteiger partial charge on any atom is -0.508 e. The monoisotopic (exact) mass is 347 g/mol. The van der Waals surface area contributed by atoms with Gasteiger partial charge in [0, 0.05) is 11.6 Å². The average Bonchev–Trinajstić information content (AvgIpc) is 3.13. The molecule has 0 saturated heterocycles. The third kappa shape index (κ3) is 3.17. The lowest BCUT2D eigenvalue weighted by Crippen LogP contribution is -1.94. The number of rotatable bonds is 4. The van der Waals surface area contributed by atoms with E-state index in [-0.39, 0.29) is 15.5 Å². The molecule has 2 heterocycles. The van der Waals surface area contributed by atoms with Crippen LogP contribution in [0.1, 0.15) is 4.88 Å². The summed E-state index contributed by atoms with van der Waals surface area (Å²) in [6.45, 7) is 0. The van der Waals surface area contributed by atoms with Crippen molar-refractivity contribution < 1.29 is 10.0 Å². The van der Waals surface area contributed by atoms with E-state index < -0.39 is 4.92 Å². The Morgan fingerprint density at radius 2 is 2.09 bits per heavy atom. The third-order valence-corrected chi connectivity index (χ3v) is 4.10. The summed E-state index contributed by atoms with van der Waals surface area (Å²) in [4.78, 5) is 10.9. The summed E-state index contributed by atoms with van der Waals surface area (Å²) in [5.74, 6) is 0.612. The lowest BCUT2D eigenvalue weighted by Gasteiger charge is -2.00. The second-order valence-corrected chi connectivity index (χ2v) is 5.87. The van der Waals surface area contributed by atoms with Crippen LogP contribution in [-0.2, 0) is 0 Å². The van der Waals surface area contributed by atoms with E-state index >= 15 is 0 Å². The van der Waals surface area contributed by atoms with Crippen molar-refractivity contribution >= 4 is 34.8 Å². The molecule has 0 aliphatic carbocycles. The summed E-state index contributed by atoms with van der Waals surface area (Å²) in [5, 5.41) is 31.0. The predicted molar refractivity (Wildman–Crippen MR) is 88.5 cm³/mol. The summed E-state index contributed by atoms with van der Waals surface area (Å²) >= 11 is 6.15. The summed E-state index contributed by atoms with van der Waals surface area (Å²) in [5.41, 5.74) is 0.712. The van der Waals surface area contributed by atoms with Crippen LogP contribution in [0.15, 0.2) is 41.5 Å². The van der Waals surface area contributed by atoms with Crippen LogP contribution >= 0.6 is 23.6 Å². The van der Waals surface area contributed by atoms with Crippen molar-refractivity contribution in [1.82, 2.24) is 14.9 Å². The third-order valence-electron chi connectivity index (χ3n) is 2.87. The largest absolute Gasteiger partial charge is 0.508 e. The van der Waals surface area contributed by atoms with E-state index in [4.69, 9.17) is 12.2 Å². The number of phenols is 1. The van der Waals surface area contributed by atoms with E-state index in [9.17, 15) is 15.2 Å². The molecule has 0 radical (unpaired) electrons. The van der Waals surface area contributed by atoms with Crippen LogP contribution in [0.2, 0.25) is 0 Å². The van der Waals surface area contributed by atoms with Gasteiger partial charge in [0.25, 0.3) is 0 Å². The van der Waals surface area contributed by atoms with Crippen molar-refractivity contribution in [2.75, 3.05) is 0 Å². The zero-order chi connectivity index (χ0) is 16.4. The maximum atomic E-state index is 10.7. The molecule has 0 spiro atoms. The molecule has 8 nitrogen and oxygen atoms in total. The highest BCUT2D eigenvalue weighted by atomic mass is 32.1. The maximum absolute atomic E-state index is 10.7. The zero-order valence-corrected chi connectivity index (χ0v) is 13.0. The summed E-state index contributed by atoms with van der Waals surface area (Å²) < 4.78 is 1.70. The number of aromatic amines is 1. The molecule has 10 heteroatoms. The second-order valence-electron chi connectivity index (χ2n) is 4.39. The molecular formula is C13H9N5O3S2. The fourth-order valence-electron chi connectivity index (χ4n) is 1.82. The first-order valence-electron chi connectivity index (χ1n) is 6.30. The molecular weight excluding hydrogens is 338 g/mol. The molecule has 2 N–H and O–H groups in total. The van der Waals surface area contributed by atoms with Gasteiger partial charge in [0.2, 0.25) is 4.77 Å². The highest BCUT2D eigenvalue weighted by Crippen LogP contribution is 2.23. The molecule has 116 valence electrons. The number of hydrogen-bond donors (Lipinski definition) is 2. The van der Waals surface area contributed by atoms with E-state index in [1.165, 1.54) is 29.1 Å². The number of benzene rings is 1. The molecule has 0 unspecified atom stereocenters. The Morgan fingerprint density at radius 3 is 2.74 bits per heavy atom. The Balaban J connectivity index is 1.95. The first kappa shape index (κ1) is 15.1. The first-order valence-corrected chi connectivity index (χ1v) is 7.52. The number of aromatic nitrogens is 3. The normalized spacial score (nSPS) is 11.1. The van der Waals surface area contributed by atoms with Crippen molar-refractivity contribution in [3.63, 3.8) is 0 Å². The van der Waals surface area contributed by atoms with Crippen molar-refractivity contribution in [3.8, 4) is 17.1 Å². The quantitative estimate of drug-likeness (QED) is 0.326. The van der Waals surface area contributed by atoms with Gasteiger partial charge in [-0.2, -0.15) is 14.9 Å². The molecule has 0 bridgehead atoms. The van der Waals surface area contributed by atoms with Crippen molar-refractivity contribution in [3.05, 3.63) is 56.2 Å². The number of aromatic hydroxyl groups is 1. The van der Waals surface area contributed by atoms with Gasteiger partial charge in [-0.25, -0.2) is 5.10 Å². The molecule has 0 amide bonds. The highest BCUT2D eigenvalue weighted by Gasteiger charge is 2.10. The molecule has 23 heavy (non-hydrogen) atoms. The van der Waals surface area contributed by atoms with Gasteiger partial charge in [-0.15, -0.1) is 0 Å². The second kappa shape index (κ2) is 6.10. The molecule has 2 aromatic heterocycles. The van der Waals surface area contributed by atoms with Crippen LogP contribution in [0, 0.1) is 14.9 Å². The number of H-pyrrole nitrogens is 1. The van der Waals surface area contributed by atoms with Crippen LogP contribution in [0.4, 0.5) is 5.00 Å². The number of phenolic OH excluding ortho intramolecular Hbond substituents is 1. The van der Waals surface area contributed by atoms with Crippen LogP contribution in [0.25, 0.3) is 11.4 Å². The molecule has 0 aliphatic heterocycles. The summed E-state index contributed by atoms with van der Waals surface area (Å²) in [6.07, 6.45) is 1.48. The highest BCUT2D eigenvalue weighted by molar-refractivity contribution is 7.71. The van der Waals surface area contributed by atoms with Gasteiger partial charge >= 0.3 is 5.00 Å². The number of nitro groups is 1. The Hall–Kier alpha value is -2.85. The van der Waals surface area contributed by atoms with Gasteiger partial charge < -0.3 is 5.11 Å². The van der Waals surface area contributed by atoms with Gasteiger partial charge in [-0.3, -0.25) is 10.1 Å². The molecule has 3 aromatic rings. The molecule has 1 aromatic carbocycles. The fourth-order valence-corrected chi connectivity index (χ4v) is 2.69. The minimum absolute atomic E-state index is 0.0426. The van der Waals surface area contributed by atoms with Gasteiger partial charge in [0.05, 0.1) is 16.0 Å². The standard InChI is InChI=1S/C13H9N5O3S2/c19-9-3-1-8(2-4-9)12-15-16-13(22)17(12)14-7-10-5-6-11(23-10)18(20)21/h1-7,19H,(H,16,22)/b14-7+. The molecule has 0 fully saturated rings. The zero-order valence-electron chi connectivity index (χ0n) is 11.4. The molecule has 3 rings (SSSR count). The smallest absolute Gasteiger partial charge is 0.324 e. The van der Waals surface area contributed by atoms with Gasteiger partial charge in [-0.1, -0.05) is 11.3 Å². The van der Waals surface area contributed by atoms with E-state index in [0.717, 1.165) is 11.3 Å². The summed E-state index contributed by atoms with van der Waals surface area (Å²) in [6, 6.07) is 9.45. The molecule has 0 atom stereocenters. The lowest BCUT2D eigenvalue weighted by atomic mass is 10.2. The Bertz CT molecular complexity index is 939. The van der Waals surface area contributed by atoms with Gasteiger partial charge in [-0.05, 0) is 42.5 Å². The Labute approximate surface area is 138 Å². The predicted octanol–water partition coefficient (Wildman–Crippen LogP) is 3.17.